The SMILES string of the molecule is CN1C2C=C(c3cccc4cc(OCS)ccc34)CC1CC2. The smallest absolute Gasteiger partial charge is 0.131 e. The lowest BCUT2D eigenvalue weighted by Gasteiger charge is -2.30. The molecule has 2 atom stereocenters. The topological polar surface area (TPSA) is 12.5 Å². The molecule has 2 unspecified atom stereocenters. The highest BCUT2D eigenvalue weighted by molar-refractivity contribution is 7.80. The number of ether oxygens (including phenoxy) is 1. The van der Waals surface area contributed by atoms with Crippen molar-refractivity contribution in [2.75, 3.05) is 13.0 Å². The average molecular weight is 311 g/mol. The molecule has 0 saturated carbocycles. The number of nitrogens with zero attached hydrogens (tertiary/aromatic N) is 1. The van der Waals surface area contributed by atoms with Crippen LogP contribution in [0.3, 0.4) is 0 Å². The third-order valence-electron chi connectivity index (χ3n) is 5.17. The van der Waals surface area contributed by atoms with Crippen LogP contribution in [0.1, 0.15) is 24.8 Å². The Hall–Kier alpha value is -1.45. The van der Waals surface area contributed by atoms with Gasteiger partial charge < -0.3 is 4.74 Å². The molecule has 0 radical (unpaired) electrons. The summed E-state index contributed by atoms with van der Waals surface area (Å²) in [7, 11) is 2.26. The Morgan fingerprint density at radius 1 is 1.23 bits per heavy atom. The molecule has 0 N–H and O–H groups in total. The monoisotopic (exact) mass is 311 g/mol. The van der Waals surface area contributed by atoms with E-state index in [0.717, 1.165) is 5.75 Å². The van der Waals surface area contributed by atoms with Crippen LogP contribution in [0.5, 0.6) is 5.75 Å². The Morgan fingerprint density at radius 2 is 2.14 bits per heavy atom. The number of hydrogen-bond acceptors (Lipinski definition) is 3. The average Bonchev–Trinajstić information content (AvgIpc) is 2.76. The van der Waals surface area contributed by atoms with Gasteiger partial charge in [-0.1, -0.05) is 30.3 Å². The van der Waals surface area contributed by atoms with Gasteiger partial charge in [0.05, 0.1) is 0 Å². The molecule has 0 amide bonds. The number of rotatable bonds is 3. The first-order chi connectivity index (χ1) is 10.8. The first-order valence-corrected chi connectivity index (χ1v) is 8.59. The van der Waals surface area contributed by atoms with Crippen molar-refractivity contribution in [1.29, 1.82) is 0 Å². The fraction of sp³-hybridized carbons (Fsp3) is 0.368. The second-order valence-corrected chi connectivity index (χ2v) is 6.58. The molecule has 1 saturated heterocycles. The lowest BCUT2D eigenvalue weighted by Crippen LogP contribution is -2.34. The summed E-state index contributed by atoms with van der Waals surface area (Å²) in [6.45, 7) is 0. The summed E-state index contributed by atoms with van der Waals surface area (Å²) in [6.07, 6.45) is 6.28. The molecule has 0 aromatic heterocycles. The van der Waals surface area contributed by atoms with Crippen molar-refractivity contribution < 1.29 is 4.74 Å². The van der Waals surface area contributed by atoms with Gasteiger partial charge in [-0.05, 0) is 60.4 Å². The second-order valence-electron chi connectivity index (χ2n) is 6.32. The van der Waals surface area contributed by atoms with E-state index in [1.165, 1.54) is 41.2 Å². The Bertz CT molecular complexity index is 739. The van der Waals surface area contributed by atoms with Gasteiger partial charge in [0.15, 0.2) is 0 Å². The maximum atomic E-state index is 5.50. The van der Waals surface area contributed by atoms with Gasteiger partial charge in [0.2, 0.25) is 0 Å². The second kappa shape index (κ2) is 5.64. The Kier molecular flexibility index (Phi) is 3.63. The van der Waals surface area contributed by atoms with Crippen molar-refractivity contribution in [3.8, 4) is 5.75 Å². The summed E-state index contributed by atoms with van der Waals surface area (Å²) in [5.41, 5.74) is 2.90. The van der Waals surface area contributed by atoms with E-state index in [4.69, 9.17) is 4.74 Å². The molecular formula is C19H21NOS. The molecule has 2 heterocycles. The van der Waals surface area contributed by atoms with E-state index in [1.807, 2.05) is 6.07 Å². The molecule has 2 aliphatic heterocycles. The summed E-state index contributed by atoms with van der Waals surface area (Å²) in [6, 6.07) is 14.3. The summed E-state index contributed by atoms with van der Waals surface area (Å²) in [5, 5.41) is 2.56. The van der Waals surface area contributed by atoms with Gasteiger partial charge in [-0.3, -0.25) is 4.90 Å². The molecule has 114 valence electrons. The van der Waals surface area contributed by atoms with Crippen LogP contribution in [0.15, 0.2) is 42.5 Å². The Balaban J connectivity index is 1.78. The highest BCUT2D eigenvalue weighted by Crippen LogP contribution is 2.39. The molecule has 22 heavy (non-hydrogen) atoms. The van der Waals surface area contributed by atoms with Crippen molar-refractivity contribution in [3.63, 3.8) is 0 Å². The van der Waals surface area contributed by atoms with Gasteiger partial charge in [-0.15, -0.1) is 12.6 Å². The normalized spacial score (nSPS) is 24.5. The first kappa shape index (κ1) is 14.2. The van der Waals surface area contributed by atoms with Crippen LogP contribution < -0.4 is 4.74 Å². The van der Waals surface area contributed by atoms with Crippen LogP contribution in [-0.4, -0.2) is 30.0 Å². The maximum Gasteiger partial charge on any atom is 0.131 e. The fourth-order valence-electron chi connectivity index (χ4n) is 3.95. The minimum atomic E-state index is 0.409. The largest absolute Gasteiger partial charge is 0.483 e. The molecule has 2 bridgehead atoms. The summed E-state index contributed by atoms with van der Waals surface area (Å²) in [4.78, 5) is 2.53. The lowest BCUT2D eigenvalue weighted by atomic mass is 9.91. The third kappa shape index (κ3) is 2.33. The molecule has 4 rings (SSSR count). The third-order valence-corrected chi connectivity index (χ3v) is 5.30. The van der Waals surface area contributed by atoms with Crippen LogP contribution in [0, 0.1) is 0 Å². The van der Waals surface area contributed by atoms with Gasteiger partial charge in [-0.25, -0.2) is 0 Å². The quantitative estimate of drug-likeness (QED) is 0.668. The van der Waals surface area contributed by atoms with Gasteiger partial charge in [-0.2, -0.15) is 0 Å². The number of hydrogen-bond donors (Lipinski definition) is 1. The zero-order valence-electron chi connectivity index (χ0n) is 12.8. The van der Waals surface area contributed by atoms with E-state index in [-0.39, 0.29) is 0 Å². The molecule has 2 aromatic rings. The van der Waals surface area contributed by atoms with Crippen LogP contribution in [0.25, 0.3) is 16.3 Å². The summed E-state index contributed by atoms with van der Waals surface area (Å²) in [5.74, 6) is 1.29. The van der Waals surface area contributed by atoms with E-state index in [1.54, 1.807) is 0 Å². The molecule has 1 fully saturated rings. The zero-order chi connectivity index (χ0) is 15.1. The minimum absolute atomic E-state index is 0.409. The van der Waals surface area contributed by atoms with Crippen LogP contribution in [-0.2, 0) is 0 Å². The van der Waals surface area contributed by atoms with E-state index in [9.17, 15) is 0 Å². The highest BCUT2D eigenvalue weighted by Gasteiger charge is 2.34. The molecule has 2 nitrogen and oxygen atoms in total. The lowest BCUT2D eigenvalue weighted by molar-refractivity contribution is 0.264. The minimum Gasteiger partial charge on any atom is -0.483 e. The highest BCUT2D eigenvalue weighted by atomic mass is 32.1. The van der Waals surface area contributed by atoms with Crippen molar-refractivity contribution in [3.05, 3.63) is 48.0 Å². The van der Waals surface area contributed by atoms with Crippen LogP contribution in [0.4, 0.5) is 0 Å². The number of fused-ring (bicyclic) bond motifs is 3. The van der Waals surface area contributed by atoms with E-state index in [2.05, 4.69) is 61.0 Å². The standard InChI is InChI=1S/C19H21NOS/c1-20-15-5-6-16(20)10-14(9-15)18-4-2-3-13-11-17(21-12-22)7-8-19(13)18/h2-4,7-9,11,15-16,22H,5-6,10,12H2,1H3. The zero-order valence-corrected chi connectivity index (χ0v) is 13.7. The Morgan fingerprint density at radius 3 is 2.95 bits per heavy atom. The van der Waals surface area contributed by atoms with E-state index in [0.29, 0.717) is 18.0 Å². The van der Waals surface area contributed by atoms with Crippen LogP contribution in [0.2, 0.25) is 0 Å². The molecule has 2 aromatic carbocycles. The predicted octanol–water partition coefficient (Wildman–Crippen LogP) is 4.36. The maximum absolute atomic E-state index is 5.50. The molecular weight excluding hydrogens is 290 g/mol. The molecule has 0 spiro atoms. The fourth-order valence-corrected chi connectivity index (χ4v) is 4.10. The van der Waals surface area contributed by atoms with Crippen molar-refractivity contribution in [2.45, 2.75) is 31.3 Å². The van der Waals surface area contributed by atoms with Gasteiger partial charge in [0.1, 0.15) is 11.7 Å². The van der Waals surface area contributed by atoms with Gasteiger partial charge >= 0.3 is 0 Å². The van der Waals surface area contributed by atoms with Gasteiger partial charge in [0.25, 0.3) is 0 Å². The predicted molar refractivity (Wildman–Crippen MR) is 95.6 cm³/mol. The van der Waals surface area contributed by atoms with Crippen molar-refractivity contribution >= 4 is 29.0 Å². The van der Waals surface area contributed by atoms with Gasteiger partial charge in [0, 0.05) is 12.1 Å². The first-order valence-electron chi connectivity index (χ1n) is 7.95. The summed E-state index contributed by atoms with van der Waals surface area (Å²) >= 11 is 4.13. The molecule has 3 heteroatoms. The van der Waals surface area contributed by atoms with Crippen molar-refractivity contribution in [2.24, 2.45) is 0 Å². The van der Waals surface area contributed by atoms with E-state index >= 15 is 0 Å². The number of benzene rings is 2. The molecule has 0 aliphatic carbocycles. The number of thiol groups is 1. The van der Waals surface area contributed by atoms with Crippen LogP contribution >= 0.6 is 12.6 Å². The van der Waals surface area contributed by atoms with E-state index < -0.39 is 0 Å². The summed E-state index contributed by atoms with van der Waals surface area (Å²) < 4.78 is 5.50. The molecule has 2 aliphatic rings. The number of likely N-dealkylation sites (N-methyl/N-ethyl adjacent to an activating group) is 1. The Labute approximate surface area is 137 Å². The van der Waals surface area contributed by atoms with Crippen molar-refractivity contribution in [1.82, 2.24) is 4.90 Å².